The summed E-state index contributed by atoms with van der Waals surface area (Å²) in [6, 6.07) is 0. The van der Waals surface area contributed by atoms with Crippen LogP contribution in [-0.2, 0) is 47.4 Å². The average Bonchev–Trinajstić information content (AvgIpc) is 2.82. The summed E-state index contributed by atoms with van der Waals surface area (Å²) in [6.07, 6.45) is -3.90. The monoisotopic (exact) mass is 782 g/mol. The van der Waals surface area contributed by atoms with Gasteiger partial charge in [-0.1, -0.05) is 0 Å². The summed E-state index contributed by atoms with van der Waals surface area (Å²) in [6.45, 7) is 0.00991. The Labute approximate surface area is 280 Å². The molecule has 46 heavy (non-hydrogen) atoms. The van der Waals surface area contributed by atoms with Gasteiger partial charge in [0.15, 0.2) is 0 Å². The molecule has 9 N–H and O–H groups in total. The molecular formula is C21H48FeN3O18S3. The predicted molar refractivity (Wildman–Crippen MR) is 154 cm³/mol. The summed E-state index contributed by atoms with van der Waals surface area (Å²) in [5.41, 5.74) is 0. The van der Waals surface area contributed by atoms with Crippen LogP contribution in [-0.4, -0.2) is 234 Å². The first-order chi connectivity index (χ1) is 20.7. The smallest absolute Gasteiger partial charge is 0.748 e. The van der Waals surface area contributed by atoms with Crippen LogP contribution in [0.2, 0.25) is 0 Å². The molecule has 0 saturated heterocycles. The average molecular weight is 783 g/mol. The van der Waals surface area contributed by atoms with Crippen molar-refractivity contribution in [2.75, 3.05) is 116 Å². The Morgan fingerprint density at radius 3 is 0.674 bits per heavy atom. The Morgan fingerprint density at radius 2 is 0.565 bits per heavy atom. The Kier molecular flexibility index (Phi) is 33.9. The van der Waals surface area contributed by atoms with E-state index in [1.807, 2.05) is 0 Å². The van der Waals surface area contributed by atoms with Crippen LogP contribution in [0.1, 0.15) is 0 Å². The molecule has 21 nitrogen and oxygen atoms in total. The molecule has 0 bridgehead atoms. The third-order valence-corrected chi connectivity index (χ3v) is 7.47. The van der Waals surface area contributed by atoms with Gasteiger partial charge in [0.25, 0.3) is 0 Å². The van der Waals surface area contributed by atoms with Crippen LogP contribution in [0.3, 0.4) is 0 Å². The third kappa shape index (κ3) is 39.9. The van der Waals surface area contributed by atoms with E-state index in [0.717, 1.165) is 0 Å². The molecule has 0 aromatic rings. The van der Waals surface area contributed by atoms with Crippen molar-refractivity contribution in [3.05, 3.63) is 0 Å². The second kappa shape index (κ2) is 29.7. The minimum Gasteiger partial charge on any atom is -0.748 e. The summed E-state index contributed by atoms with van der Waals surface area (Å²) >= 11 is 0. The van der Waals surface area contributed by atoms with Crippen molar-refractivity contribution in [2.45, 2.75) is 18.3 Å². The zero-order chi connectivity index (χ0) is 35.7. The molecular weight excluding hydrogens is 734 g/mol. The Morgan fingerprint density at radius 1 is 0.413 bits per heavy atom. The molecule has 0 aromatic carbocycles. The van der Waals surface area contributed by atoms with Gasteiger partial charge in [-0.05, 0) is 0 Å². The summed E-state index contributed by atoms with van der Waals surface area (Å²) in [5.74, 6) is -2.58. The molecule has 0 fully saturated rings. The Bertz CT molecular complexity index is 880. The van der Waals surface area contributed by atoms with Crippen LogP contribution < -0.4 is 0 Å². The van der Waals surface area contributed by atoms with Crippen LogP contribution in [0, 0.1) is 0 Å². The van der Waals surface area contributed by atoms with Gasteiger partial charge in [0.1, 0.15) is 0 Å². The molecule has 0 aliphatic rings. The van der Waals surface area contributed by atoms with E-state index in [4.69, 9.17) is 30.6 Å². The molecule has 0 spiro atoms. The molecule has 0 amide bonds. The van der Waals surface area contributed by atoms with E-state index in [1.165, 1.54) is 14.7 Å². The topological polar surface area (TPSA) is 363 Å². The van der Waals surface area contributed by atoms with E-state index in [-0.39, 0.29) is 116 Å². The zero-order valence-electron chi connectivity index (χ0n) is 25.1. The molecule has 0 aliphatic carbocycles. The molecule has 0 saturated carbocycles. The first-order valence-corrected chi connectivity index (χ1v) is 18.1. The largest absolute Gasteiger partial charge is 3.00 e. The molecule has 3 atom stereocenters. The molecule has 0 aromatic heterocycles. The van der Waals surface area contributed by atoms with Crippen molar-refractivity contribution >= 4 is 30.4 Å². The van der Waals surface area contributed by atoms with Gasteiger partial charge in [-0.15, -0.1) is 0 Å². The zero-order valence-corrected chi connectivity index (χ0v) is 28.6. The van der Waals surface area contributed by atoms with Gasteiger partial charge in [0.2, 0.25) is 0 Å². The van der Waals surface area contributed by atoms with Crippen LogP contribution in [0.4, 0.5) is 0 Å². The second-order valence-electron chi connectivity index (χ2n) is 9.38. The first kappa shape index (κ1) is 52.6. The van der Waals surface area contributed by atoms with Gasteiger partial charge in [-0.3, -0.25) is 14.7 Å². The number of hydrogen-bond acceptors (Lipinski definition) is 21. The van der Waals surface area contributed by atoms with Crippen LogP contribution >= 0.6 is 0 Å². The van der Waals surface area contributed by atoms with Crippen molar-refractivity contribution in [1.29, 1.82) is 0 Å². The van der Waals surface area contributed by atoms with Gasteiger partial charge in [0, 0.05) is 58.9 Å². The van der Waals surface area contributed by atoms with E-state index in [0.29, 0.717) is 0 Å². The van der Waals surface area contributed by atoms with Gasteiger partial charge >= 0.3 is 17.1 Å². The number of nitrogens with zero attached hydrogens (tertiary/aromatic N) is 3. The van der Waals surface area contributed by atoms with E-state index in [1.54, 1.807) is 0 Å². The SMILES string of the molecule is O=S(=O)([O-])CC(O)CN(CCO)CCO.O=S(=O)([O-])CC(O)CN(CCO)CCO.O=S(=O)([O-])CC(O)CN(CCO)CCO.[Fe+3]. The molecule has 3 unspecified atom stereocenters. The molecule has 1 radical (unpaired) electrons. The minimum absolute atomic E-state index is 0. The van der Waals surface area contributed by atoms with E-state index in [9.17, 15) is 54.2 Å². The predicted octanol–water partition coefficient (Wildman–Crippen LogP) is -8.47. The van der Waals surface area contributed by atoms with Crippen molar-refractivity contribution < 1.29 is 102 Å². The van der Waals surface area contributed by atoms with Crippen molar-refractivity contribution in [3.8, 4) is 0 Å². The summed E-state index contributed by atoms with van der Waals surface area (Å²) in [5, 5.41) is 79.4. The number of aliphatic hydroxyl groups excluding tert-OH is 9. The fourth-order valence-corrected chi connectivity index (χ4v) is 5.22. The fourth-order valence-electron chi connectivity index (χ4n) is 3.49. The van der Waals surface area contributed by atoms with E-state index < -0.39 is 65.9 Å². The van der Waals surface area contributed by atoms with Gasteiger partial charge < -0.3 is 59.6 Å². The van der Waals surface area contributed by atoms with Crippen molar-refractivity contribution in [1.82, 2.24) is 14.7 Å². The summed E-state index contributed by atoms with van der Waals surface area (Å²) in [7, 11) is -13.4. The quantitative estimate of drug-likeness (QED) is 0.0324. The Balaban J connectivity index is -0.000000285. The van der Waals surface area contributed by atoms with Crippen molar-refractivity contribution in [3.63, 3.8) is 0 Å². The first-order valence-electron chi connectivity index (χ1n) is 13.3. The third-order valence-electron chi connectivity index (χ3n) is 5.09. The Hall–Kier alpha value is -0.231. The second-order valence-corrected chi connectivity index (χ2v) is 13.7. The van der Waals surface area contributed by atoms with Gasteiger partial charge in [0.05, 0.1) is 106 Å². The summed E-state index contributed by atoms with van der Waals surface area (Å²) in [4.78, 5) is 4.40. The summed E-state index contributed by atoms with van der Waals surface area (Å²) < 4.78 is 92.8. The number of hydrogen-bond donors (Lipinski definition) is 9. The molecule has 281 valence electrons. The maximum Gasteiger partial charge on any atom is 3.00 e. The molecule has 0 rings (SSSR count). The fraction of sp³-hybridized carbons (Fsp3) is 1.00. The molecule has 0 aliphatic heterocycles. The van der Waals surface area contributed by atoms with Crippen molar-refractivity contribution in [2.24, 2.45) is 0 Å². The molecule has 25 heteroatoms. The maximum absolute atomic E-state index is 10.3. The number of rotatable bonds is 24. The van der Waals surface area contributed by atoms with E-state index in [2.05, 4.69) is 0 Å². The standard InChI is InChI=1S/3C7H17NO6S.Fe/c3*9-3-1-8(2-4-10)5-7(11)6-15(12,13)14;/h3*7,9-11H,1-6H2,(H,12,13,14);/q;;;+3/p-3. The van der Waals surface area contributed by atoms with Crippen LogP contribution in [0.25, 0.3) is 0 Å². The van der Waals surface area contributed by atoms with E-state index >= 15 is 0 Å². The van der Waals surface area contributed by atoms with Crippen LogP contribution in [0.5, 0.6) is 0 Å². The van der Waals surface area contributed by atoms with Gasteiger partial charge in [-0.25, -0.2) is 25.3 Å². The molecule has 0 heterocycles. The number of aliphatic hydroxyl groups is 9. The van der Waals surface area contributed by atoms with Gasteiger partial charge in [-0.2, -0.15) is 0 Å². The normalized spacial score (nSPS) is 14.2. The van der Waals surface area contributed by atoms with Crippen LogP contribution in [0.15, 0.2) is 0 Å². The minimum atomic E-state index is -4.45. The maximum atomic E-state index is 10.3.